The lowest BCUT2D eigenvalue weighted by molar-refractivity contribution is -0.245. The van der Waals surface area contributed by atoms with Crippen LogP contribution >= 0.6 is 11.8 Å². The summed E-state index contributed by atoms with van der Waals surface area (Å²) in [7, 11) is -1.71. The van der Waals surface area contributed by atoms with E-state index < -0.39 is 16.3 Å². The van der Waals surface area contributed by atoms with Gasteiger partial charge in [0.25, 0.3) is 0 Å². The molecule has 0 saturated carbocycles. The molecule has 6 rings (SSSR count). The smallest absolute Gasteiger partial charge is 0.240 e. The Bertz CT molecular complexity index is 1830. The number of aromatic nitrogens is 3. The first-order valence-electron chi connectivity index (χ1n) is 14.6. The van der Waals surface area contributed by atoms with Gasteiger partial charge in [-0.05, 0) is 52.1 Å². The van der Waals surface area contributed by atoms with Gasteiger partial charge in [0.2, 0.25) is 10.0 Å². The fourth-order valence-electron chi connectivity index (χ4n) is 5.18. The monoisotopic (exact) mass is 642 g/mol. The summed E-state index contributed by atoms with van der Waals surface area (Å²) in [5.74, 6) is 0.679. The minimum Gasteiger partial charge on any atom is -0.392 e. The van der Waals surface area contributed by atoms with Crippen molar-refractivity contribution >= 4 is 21.8 Å². The normalized spacial score (nSPS) is 18.6. The van der Waals surface area contributed by atoms with Crippen LogP contribution in [0.1, 0.15) is 41.1 Å². The van der Waals surface area contributed by atoms with E-state index in [-0.39, 0.29) is 30.3 Å². The van der Waals surface area contributed by atoms with E-state index in [0.717, 1.165) is 38.5 Å². The van der Waals surface area contributed by atoms with Gasteiger partial charge < -0.3 is 19.1 Å². The van der Waals surface area contributed by atoms with Crippen LogP contribution in [-0.2, 0) is 39.7 Å². The van der Waals surface area contributed by atoms with E-state index in [0.29, 0.717) is 12.2 Å². The zero-order valence-electron chi connectivity index (χ0n) is 24.7. The number of nitrogens with one attached hydrogen (secondary N) is 1. The van der Waals surface area contributed by atoms with Gasteiger partial charge in [-0.15, -0.1) is 10.2 Å². The third-order valence-corrected chi connectivity index (χ3v) is 10.2. The van der Waals surface area contributed by atoms with Crippen LogP contribution in [0.15, 0.2) is 120 Å². The summed E-state index contributed by atoms with van der Waals surface area (Å²) in [4.78, 5) is 0.234. The summed E-state index contributed by atoms with van der Waals surface area (Å²) < 4.78 is 43.1. The van der Waals surface area contributed by atoms with Crippen LogP contribution < -0.4 is 4.72 Å². The average Bonchev–Trinajstić information content (AvgIpc) is 3.51. The standard InChI is InChI=1S/C34H34N4O5S2/c1-38-23-35-37-34(38)44-22-30-19-32(26-15-13-24(21-39)14-16-26)43-33(42-30)29-10-6-9-28(18-29)27-8-5-7-25(17-27)20-36-45(40,41)31-11-3-2-4-12-31/h2-18,23,30,32-33,36,39H,19-22H2,1H3/t30-,32+,33+/m0/s1. The van der Waals surface area contributed by atoms with Gasteiger partial charge in [0.1, 0.15) is 6.33 Å². The molecule has 1 aliphatic rings. The quantitative estimate of drug-likeness (QED) is 0.174. The second-order valence-corrected chi connectivity index (χ2v) is 13.6. The van der Waals surface area contributed by atoms with Crippen LogP contribution in [0.3, 0.4) is 0 Å². The molecule has 0 unspecified atom stereocenters. The van der Waals surface area contributed by atoms with E-state index >= 15 is 0 Å². The number of ether oxygens (including phenoxy) is 2. The van der Waals surface area contributed by atoms with E-state index in [1.807, 2.05) is 78.3 Å². The van der Waals surface area contributed by atoms with Crippen molar-refractivity contribution in [1.82, 2.24) is 19.5 Å². The summed E-state index contributed by atoms with van der Waals surface area (Å²) in [5, 5.41) is 18.5. The van der Waals surface area contributed by atoms with Crippen molar-refractivity contribution in [2.45, 2.75) is 48.1 Å². The summed E-state index contributed by atoms with van der Waals surface area (Å²) in [6.45, 7) is 0.155. The number of thioether (sulfide) groups is 1. The molecule has 232 valence electrons. The number of hydrogen-bond acceptors (Lipinski definition) is 8. The van der Waals surface area contributed by atoms with Gasteiger partial charge in [0, 0.05) is 31.3 Å². The fraction of sp³-hybridized carbons (Fsp3) is 0.235. The molecule has 1 aromatic heterocycles. The molecule has 1 fully saturated rings. The molecular weight excluding hydrogens is 609 g/mol. The summed E-state index contributed by atoms with van der Waals surface area (Å²) in [5.41, 5.74) is 5.51. The summed E-state index contributed by atoms with van der Waals surface area (Å²) in [6.07, 6.45) is 1.43. The van der Waals surface area contributed by atoms with Crippen LogP contribution in [0.25, 0.3) is 11.1 Å². The highest BCUT2D eigenvalue weighted by Gasteiger charge is 2.32. The first kappa shape index (κ1) is 31.2. The predicted molar refractivity (Wildman–Crippen MR) is 172 cm³/mol. The molecule has 0 aliphatic carbocycles. The number of rotatable bonds is 11. The van der Waals surface area contributed by atoms with Crippen molar-refractivity contribution in [2.24, 2.45) is 7.05 Å². The Kier molecular flexibility index (Phi) is 9.74. The molecule has 3 atom stereocenters. The van der Waals surface area contributed by atoms with Gasteiger partial charge in [-0.2, -0.15) is 0 Å². The maximum absolute atomic E-state index is 12.7. The molecular formula is C34H34N4O5S2. The van der Waals surface area contributed by atoms with Crippen molar-refractivity contribution in [1.29, 1.82) is 0 Å². The van der Waals surface area contributed by atoms with E-state index in [1.165, 1.54) is 0 Å². The van der Waals surface area contributed by atoms with Crippen molar-refractivity contribution in [3.05, 3.63) is 132 Å². The third-order valence-electron chi connectivity index (χ3n) is 7.62. The second kappa shape index (κ2) is 14.1. The molecule has 0 spiro atoms. The number of hydrogen-bond donors (Lipinski definition) is 2. The molecule has 0 bridgehead atoms. The van der Waals surface area contributed by atoms with Gasteiger partial charge in [0.05, 0.1) is 23.7 Å². The molecule has 11 heteroatoms. The summed E-state index contributed by atoms with van der Waals surface area (Å²) >= 11 is 1.59. The Morgan fingerprint density at radius 2 is 1.64 bits per heavy atom. The van der Waals surface area contributed by atoms with Crippen LogP contribution in [0, 0.1) is 0 Å². The number of aryl methyl sites for hydroxylation is 1. The van der Waals surface area contributed by atoms with Crippen molar-refractivity contribution in [3.63, 3.8) is 0 Å². The molecule has 4 aromatic carbocycles. The Morgan fingerprint density at radius 3 is 2.38 bits per heavy atom. The van der Waals surface area contributed by atoms with Crippen molar-refractivity contribution < 1.29 is 23.0 Å². The van der Waals surface area contributed by atoms with Gasteiger partial charge in [-0.1, -0.05) is 90.6 Å². The number of aliphatic hydroxyl groups excluding tert-OH is 1. The molecule has 0 amide bonds. The van der Waals surface area contributed by atoms with Crippen LogP contribution in [0.4, 0.5) is 0 Å². The Morgan fingerprint density at radius 1 is 0.889 bits per heavy atom. The lowest BCUT2D eigenvalue weighted by atomic mass is 9.99. The Labute approximate surface area is 267 Å². The zero-order valence-corrected chi connectivity index (χ0v) is 26.3. The lowest BCUT2D eigenvalue weighted by Gasteiger charge is -2.36. The van der Waals surface area contributed by atoms with Crippen LogP contribution in [0.2, 0.25) is 0 Å². The summed E-state index contributed by atoms with van der Waals surface area (Å²) in [6, 6.07) is 32.0. The lowest BCUT2D eigenvalue weighted by Crippen LogP contribution is -2.31. The van der Waals surface area contributed by atoms with Gasteiger partial charge >= 0.3 is 0 Å². The predicted octanol–water partition coefficient (Wildman–Crippen LogP) is 5.79. The maximum atomic E-state index is 12.7. The molecule has 1 aliphatic heterocycles. The SMILES string of the molecule is Cn1cnnc1SC[C@@H]1C[C@H](c2ccc(CO)cc2)O[C@H](c2cccc(-c3cccc(CNS(=O)(=O)c4ccccc4)c3)c2)O1. The first-order valence-corrected chi connectivity index (χ1v) is 17.1. The second-order valence-electron chi connectivity index (χ2n) is 10.8. The highest BCUT2D eigenvalue weighted by Crippen LogP contribution is 2.40. The van der Waals surface area contributed by atoms with Gasteiger partial charge in [-0.3, -0.25) is 0 Å². The van der Waals surface area contributed by atoms with Gasteiger partial charge in [-0.25, -0.2) is 13.1 Å². The van der Waals surface area contributed by atoms with E-state index in [1.54, 1.807) is 48.4 Å². The third kappa shape index (κ3) is 7.70. The minimum atomic E-state index is -3.62. The number of sulfonamides is 1. The van der Waals surface area contributed by atoms with Crippen LogP contribution in [0.5, 0.6) is 0 Å². The maximum Gasteiger partial charge on any atom is 0.240 e. The molecule has 9 nitrogen and oxygen atoms in total. The molecule has 45 heavy (non-hydrogen) atoms. The molecule has 0 radical (unpaired) electrons. The van der Waals surface area contributed by atoms with E-state index in [2.05, 4.69) is 21.0 Å². The average molecular weight is 643 g/mol. The van der Waals surface area contributed by atoms with Crippen LogP contribution in [-0.4, -0.2) is 40.1 Å². The fourth-order valence-corrected chi connectivity index (χ4v) is 7.12. The van der Waals surface area contributed by atoms with Crippen molar-refractivity contribution in [3.8, 4) is 11.1 Å². The molecule has 5 aromatic rings. The molecule has 1 saturated heterocycles. The number of aliphatic hydroxyl groups is 1. The Hall–Kier alpha value is -3.84. The highest BCUT2D eigenvalue weighted by atomic mass is 32.2. The van der Waals surface area contributed by atoms with Crippen molar-refractivity contribution in [2.75, 3.05) is 5.75 Å². The number of benzene rings is 4. The van der Waals surface area contributed by atoms with E-state index in [9.17, 15) is 13.5 Å². The largest absolute Gasteiger partial charge is 0.392 e. The minimum absolute atomic E-state index is 0.0125. The number of nitrogens with zero attached hydrogens (tertiary/aromatic N) is 3. The van der Waals surface area contributed by atoms with E-state index in [4.69, 9.17) is 9.47 Å². The molecule has 2 N–H and O–H groups in total. The zero-order chi connectivity index (χ0) is 31.2. The molecule has 2 heterocycles. The topological polar surface area (TPSA) is 116 Å². The Balaban J connectivity index is 1.21. The first-order chi connectivity index (χ1) is 21.9. The van der Waals surface area contributed by atoms with Gasteiger partial charge in [0.15, 0.2) is 11.4 Å². The highest BCUT2D eigenvalue weighted by molar-refractivity contribution is 7.99.